The van der Waals surface area contributed by atoms with E-state index >= 15 is 0 Å². The normalized spacial score (nSPS) is 14.8. The lowest BCUT2D eigenvalue weighted by molar-refractivity contribution is -0.161. The molecular formula is C81H132O17P2. The topological polar surface area (TPSA) is 237 Å². The van der Waals surface area contributed by atoms with Crippen molar-refractivity contribution in [2.45, 2.75) is 290 Å². The number of phosphoric ester groups is 2. The van der Waals surface area contributed by atoms with Gasteiger partial charge in [-0.2, -0.15) is 0 Å². The fourth-order valence-corrected chi connectivity index (χ4v) is 10.9. The molecule has 0 saturated heterocycles. The van der Waals surface area contributed by atoms with Crippen molar-refractivity contribution >= 4 is 39.5 Å². The molecule has 0 aromatic heterocycles. The van der Waals surface area contributed by atoms with Crippen LogP contribution < -0.4 is 0 Å². The van der Waals surface area contributed by atoms with Crippen molar-refractivity contribution in [3.05, 3.63) is 158 Å². The number of ether oxygens (including phenoxy) is 4. The molecule has 0 spiro atoms. The van der Waals surface area contributed by atoms with Gasteiger partial charge in [0.15, 0.2) is 12.2 Å². The molecule has 0 saturated carbocycles. The Morgan fingerprint density at radius 2 is 0.580 bits per heavy atom. The summed E-state index contributed by atoms with van der Waals surface area (Å²) in [6, 6.07) is 0. The highest BCUT2D eigenvalue weighted by Crippen LogP contribution is 2.45. The highest BCUT2D eigenvalue weighted by atomic mass is 31.2. The van der Waals surface area contributed by atoms with Crippen molar-refractivity contribution in [1.82, 2.24) is 0 Å². The predicted octanol–water partition coefficient (Wildman–Crippen LogP) is 21.7. The standard InChI is InChI=1S/C81H132O17P2/c1-5-9-13-17-21-25-29-33-35-36-37-38-40-43-46-50-54-58-62-66-79(84)92-72-77(98-81(86)68-64-60-56-52-48-44-39-34-30-26-22-18-14-10-6-2)74-96-100(89,90)94-70-75(82)69-93-99(87,88)95-73-76(97-80(85)67-63-59-55-51-47-42-32-28-24-20-16-12-8-4)71-91-78(83)65-61-57-53-49-45-41-31-27-23-19-15-11-7-3/h9-10,13-14,21-22,25-28,31-35,37-39,43,46,48,52,54,58,60,64,75-77,82H,5-8,11-12,15-20,23-24,29-30,36,40-42,44-45,47,49-51,53,55-57,59,61-63,65-74H2,1-4H3,(H,87,88)(H,89,90)/b13-9-,14-10-,25-21-,26-22-,31-27-,32-28-,35-33-,38-37-,39-34-,46-43-,52-48-,58-54-,64-60-. The van der Waals surface area contributed by atoms with Gasteiger partial charge in [-0.1, -0.05) is 263 Å². The molecule has 0 aromatic carbocycles. The second kappa shape index (κ2) is 72.0. The first-order valence-electron chi connectivity index (χ1n) is 37.7. The number of aliphatic hydroxyl groups excluding tert-OH is 1. The zero-order chi connectivity index (χ0) is 73.2. The molecule has 0 aliphatic rings. The van der Waals surface area contributed by atoms with Gasteiger partial charge >= 0.3 is 39.5 Å². The van der Waals surface area contributed by atoms with E-state index in [-0.39, 0.29) is 25.7 Å². The molecule has 0 bridgehead atoms. The average Bonchev–Trinajstić information content (AvgIpc) is 0.946. The zero-order valence-corrected chi connectivity index (χ0v) is 63.6. The van der Waals surface area contributed by atoms with Crippen molar-refractivity contribution in [3.8, 4) is 0 Å². The van der Waals surface area contributed by atoms with Gasteiger partial charge in [-0.05, 0) is 141 Å². The molecule has 568 valence electrons. The van der Waals surface area contributed by atoms with E-state index in [1.165, 1.54) is 51.4 Å². The maximum Gasteiger partial charge on any atom is 0.472 e. The highest BCUT2D eigenvalue weighted by molar-refractivity contribution is 7.47. The SMILES string of the molecule is CC/C=C\C/C=C\C/C=C\C/C=C\C/C=C\C/C=C\CCC(=O)OCC(COP(=O)(O)OCC(O)COP(=O)(O)OCC(COC(=O)CCCCCCC/C=C\CCCCCC)OC(=O)CCCCCCC/C=C\CCCCCC)OC(=O)C/C=C\C/C=C\C/C=C\C/C=C\C/C=C\CC. The number of unbranched alkanes of at least 4 members (excludes halogenated alkanes) is 18. The largest absolute Gasteiger partial charge is 0.472 e. The summed E-state index contributed by atoms with van der Waals surface area (Å²) in [6.45, 7) is 4.36. The summed E-state index contributed by atoms with van der Waals surface area (Å²) in [7, 11) is -10.0. The number of allylic oxidation sites excluding steroid dienone is 25. The zero-order valence-electron chi connectivity index (χ0n) is 61.8. The maximum absolute atomic E-state index is 13.1. The Balaban J connectivity index is 5.50. The van der Waals surface area contributed by atoms with Gasteiger partial charge in [-0.3, -0.25) is 37.3 Å². The van der Waals surface area contributed by atoms with E-state index in [9.17, 15) is 43.2 Å². The highest BCUT2D eigenvalue weighted by Gasteiger charge is 2.30. The van der Waals surface area contributed by atoms with Crippen molar-refractivity contribution in [2.24, 2.45) is 0 Å². The van der Waals surface area contributed by atoms with Crippen LogP contribution in [0.4, 0.5) is 0 Å². The molecule has 0 fully saturated rings. The fourth-order valence-electron chi connectivity index (χ4n) is 9.31. The molecule has 5 unspecified atom stereocenters. The number of carbonyl (C=O) groups excluding carboxylic acids is 4. The summed E-state index contributed by atoms with van der Waals surface area (Å²) in [5.41, 5.74) is 0. The predicted molar refractivity (Wildman–Crippen MR) is 408 cm³/mol. The molecule has 0 radical (unpaired) electrons. The Morgan fingerprint density at radius 3 is 0.950 bits per heavy atom. The average molecular weight is 1440 g/mol. The smallest absolute Gasteiger partial charge is 0.462 e. The molecule has 0 aliphatic carbocycles. The molecule has 17 nitrogen and oxygen atoms in total. The molecule has 0 heterocycles. The van der Waals surface area contributed by atoms with E-state index in [0.717, 1.165) is 135 Å². The van der Waals surface area contributed by atoms with E-state index in [1.807, 2.05) is 30.4 Å². The minimum atomic E-state index is -5.02. The monoisotopic (exact) mass is 1440 g/mol. The molecule has 0 rings (SSSR count). The first kappa shape index (κ1) is 94.7. The van der Waals surface area contributed by atoms with Crippen LogP contribution in [-0.4, -0.2) is 96.7 Å². The van der Waals surface area contributed by atoms with Crippen LogP contribution in [0.2, 0.25) is 0 Å². The second-order valence-electron chi connectivity index (χ2n) is 24.5. The summed E-state index contributed by atoms with van der Waals surface area (Å²) in [5.74, 6) is -2.45. The lowest BCUT2D eigenvalue weighted by Gasteiger charge is -2.21. The van der Waals surface area contributed by atoms with Crippen LogP contribution in [0.15, 0.2) is 158 Å². The van der Waals surface area contributed by atoms with Gasteiger partial charge in [0.25, 0.3) is 0 Å². The number of hydrogen-bond donors (Lipinski definition) is 3. The van der Waals surface area contributed by atoms with Gasteiger partial charge in [-0.25, -0.2) is 9.13 Å². The van der Waals surface area contributed by atoms with Crippen LogP contribution >= 0.6 is 15.6 Å². The van der Waals surface area contributed by atoms with Crippen LogP contribution in [0.3, 0.4) is 0 Å². The van der Waals surface area contributed by atoms with Gasteiger partial charge in [-0.15, -0.1) is 0 Å². The van der Waals surface area contributed by atoms with E-state index in [4.69, 9.17) is 37.0 Å². The van der Waals surface area contributed by atoms with Gasteiger partial charge in [0.05, 0.1) is 32.8 Å². The molecule has 5 atom stereocenters. The van der Waals surface area contributed by atoms with Gasteiger partial charge in [0.1, 0.15) is 19.3 Å². The van der Waals surface area contributed by atoms with Crippen molar-refractivity contribution in [3.63, 3.8) is 0 Å². The minimum absolute atomic E-state index is 0.0110. The quantitative estimate of drug-likeness (QED) is 0.0169. The summed E-state index contributed by atoms with van der Waals surface area (Å²) < 4.78 is 68.2. The number of aliphatic hydroxyl groups is 1. The Bertz CT molecular complexity index is 2520. The maximum atomic E-state index is 13.1. The van der Waals surface area contributed by atoms with Crippen LogP contribution in [-0.2, 0) is 65.4 Å². The van der Waals surface area contributed by atoms with E-state index in [0.29, 0.717) is 32.1 Å². The third kappa shape index (κ3) is 71.1. The molecule has 0 aromatic rings. The Morgan fingerprint density at radius 1 is 0.300 bits per heavy atom. The van der Waals surface area contributed by atoms with Crippen LogP contribution in [0.25, 0.3) is 0 Å². The molecule has 0 amide bonds. The lowest BCUT2D eigenvalue weighted by atomic mass is 10.1. The molecular weight excluding hydrogens is 1310 g/mol. The Labute approximate surface area is 604 Å². The van der Waals surface area contributed by atoms with Crippen molar-refractivity contribution in [2.75, 3.05) is 39.6 Å². The van der Waals surface area contributed by atoms with E-state index < -0.39 is 97.5 Å². The fraction of sp³-hybridized carbons (Fsp3) is 0.630. The first-order chi connectivity index (χ1) is 48.7. The molecule has 3 N–H and O–H groups in total. The van der Waals surface area contributed by atoms with E-state index in [2.05, 4.69) is 143 Å². The summed E-state index contributed by atoms with van der Waals surface area (Å²) >= 11 is 0. The van der Waals surface area contributed by atoms with Crippen LogP contribution in [0.1, 0.15) is 272 Å². The number of rotatable bonds is 69. The lowest BCUT2D eigenvalue weighted by Crippen LogP contribution is -2.30. The molecule has 0 aliphatic heterocycles. The Kier molecular flexibility index (Phi) is 68.2. The number of esters is 4. The number of phosphoric acid groups is 2. The van der Waals surface area contributed by atoms with Gasteiger partial charge < -0.3 is 33.8 Å². The summed E-state index contributed by atoms with van der Waals surface area (Å²) in [5, 5.41) is 10.6. The summed E-state index contributed by atoms with van der Waals surface area (Å²) in [4.78, 5) is 72.7. The first-order valence-corrected chi connectivity index (χ1v) is 40.7. The molecule has 19 heteroatoms. The van der Waals surface area contributed by atoms with Gasteiger partial charge in [0, 0.05) is 19.3 Å². The molecule has 100 heavy (non-hydrogen) atoms. The van der Waals surface area contributed by atoms with E-state index in [1.54, 1.807) is 12.2 Å². The van der Waals surface area contributed by atoms with Crippen LogP contribution in [0, 0.1) is 0 Å². The third-order valence-electron chi connectivity index (χ3n) is 15.0. The second-order valence-corrected chi connectivity index (χ2v) is 27.4. The number of carbonyl (C=O) groups is 4. The Hall–Kier alpha value is -5.32. The van der Waals surface area contributed by atoms with Crippen LogP contribution in [0.5, 0.6) is 0 Å². The number of hydrogen-bond acceptors (Lipinski definition) is 15. The minimum Gasteiger partial charge on any atom is -0.462 e. The van der Waals surface area contributed by atoms with Crippen molar-refractivity contribution < 1.29 is 80.2 Å². The van der Waals surface area contributed by atoms with Crippen molar-refractivity contribution in [1.29, 1.82) is 0 Å². The summed E-state index contributed by atoms with van der Waals surface area (Å²) in [6.07, 6.45) is 82.9. The third-order valence-corrected chi connectivity index (χ3v) is 16.9. The van der Waals surface area contributed by atoms with Gasteiger partial charge in [0.2, 0.25) is 0 Å².